The second kappa shape index (κ2) is 4.51. The first kappa shape index (κ1) is 10.9. The van der Waals surface area contributed by atoms with Crippen molar-refractivity contribution in [3.63, 3.8) is 0 Å². The zero-order chi connectivity index (χ0) is 11.5. The van der Waals surface area contributed by atoms with Crippen LogP contribution in [0, 0.1) is 6.92 Å². The minimum absolute atomic E-state index is 0.0218. The number of nitrogens with zero attached hydrogens (tertiary/aromatic N) is 3. The van der Waals surface area contributed by atoms with Gasteiger partial charge in [-0.05, 0) is 31.4 Å². The van der Waals surface area contributed by atoms with E-state index in [2.05, 4.69) is 11.7 Å². The molecule has 2 rings (SSSR count). The topological polar surface area (TPSA) is 38.1 Å². The summed E-state index contributed by atoms with van der Waals surface area (Å²) in [6.07, 6.45) is 7.39. The first-order chi connectivity index (χ1) is 7.70. The van der Waals surface area contributed by atoms with Crippen LogP contribution in [-0.2, 0) is 4.79 Å². The van der Waals surface area contributed by atoms with E-state index in [4.69, 9.17) is 0 Å². The molecular weight excluding hydrogens is 202 g/mol. The summed E-state index contributed by atoms with van der Waals surface area (Å²) in [7, 11) is 0. The van der Waals surface area contributed by atoms with Gasteiger partial charge in [0.05, 0.1) is 12.2 Å². The number of piperidine rings is 1. The molecule has 1 fully saturated rings. The summed E-state index contributed by atoms with van der Waals surface area (Å²) in [5.74, 6) is 0.0218. The number of amides is 1. The Kier molecular flexibility index (Phi) is 3.08. The van der Waals surface area contributed by atoms with Gasteiger partial charge < -0.3 is 4.90 Å². The van der Waals surface area contributed by atoms with Crippen LogP contribution in [0.25, 0.3) is 0 Å². The van der Waals surface area contributed by atoms with Gasteiger partial charge in [-0.1, -0.05) is 6.58 Å². The van der Waals surface area contributed by atoms with E-state index in [-0.39, 0.29) is 5.91 Å². The molecule has 0 saturated carbocycles. The molecule has 0 aliphatic carbocycles. The second-order valence-electron chi connectivity index (χ2n) is 4.28. The van der Waals surface area contributed by atoms with E-state index >= 15 is 0 Å². The van der Waals surface area contributed by atoms with Gasteiger partial charge in [-0.25, -0.2) is 0 Å². The number of likely N-dealkylation sites (tertiary alicyclic amines) is 1. The molecule has 1 aromatic heterocycles. The molecule has 1 atom stereocenters. The number of carbonyl (C=O) groups is 1. The van der Waals surface area contributed by atoms with Crippen molar-refractivity contribution in [2.45, 2.75) is 25.8 Å². The lowest BCUT2D eigenvalue weighted by atomic mass is 10.1. The van der Waals surface area contributed by atoms with Gasteiger partial charge in [0.15, 0.2) is 0 Å². The maximum atomic E-state index is 11.5. The van der Waals surface area contributed by atoms with E-state index in [1.54, 1.807) is 0 Å². The molecule has 0 radical (unpaired) electrons. The Labute approximate surface area is 95.5 Å². The molecule has 1 saturated heterocycles. The van der Waals surface area contributed by atoms with Crippen molar-refractivity contribution in [2.75, 3.05) is 13.1 Å². The summed E-state index contributed by atoms with van der Waals surface area (Å²) in [6, 6.07) is 0.311. The van der Waals surface area contributed by atoms with E-state index < -0.39 is 0 Å². The first-order valence-electron chi connectivity index (χ1n) is 5.63. The average molecular weight is 219 g/mol. The molecule has 1 aliphatic rings. The monoisotopic (exact) mass is 219 g/mol. The van der Waals surface area contributed by atoms with Crippen molar-refractivity contribution in [3.8, 4) is 0 Å². The van der Waals surface area contributed by atoms with E-state index in [1.807, 2.05) is 28.9 Å². The largest absolute Gasteiger partial charge is 0.337 e. The highest BCUT2D eigenvalue weighted by Crippen LogP contribution is 2.21. The Morgan fingerprint density at radius 3 is 3.12 bits per heavy atom. The third-order valence-electron chi connectivity index (χ3n) is 2.99. The van der Waals surface area contributed by atoms with Crippen molar-refractivity contribution in [1.29, 1.82) is 0 Å². The Balaban J connectivity index is 2.07. The molecular formula is C12H17N3O. The van der Waals surface area contributed by atoms with Crippen LogP contribution in [0.2, 0.25) is 0 Å². The van der Waals surface area contributed by atoms with E-state index in [1.165, 1.54) is 6.08 Å². The lowest BCUT2D eigenvalue weighted by Gasteiger charge is -2.32. The molecule has 2 heterocycles. The summed E-state index contributed by atoms with van der Waals surface area (Å²) in [5, 5.41) is 4.31. The average Bonchev–Trinajstić information content (AvgIpc) is 2.75. The third-order valence-corrected chi connectivity index (χ3v) is 2.99. The predicted octanol–water partition coefficient (Wildman–Crippen LogP) is 1.54. The fourth-order valence-corrected chi connectivity index (χ4v) is 2.13. The molecule has 86 valence electrons. The minimum Gasteiger partial charge on any atom is -0.337 e. The quantitative estimate of drug-likeness (QED) is 0.708. The lowest BCUT2D eigenvalue weighted by Crippen LogP contribution is -2.39. The molecule has 1 aliphatic heterocycles. The Hall–Kier alpha value is -1.58. The van der Waals surface area contributed by atoms with Gasteiger partial charge in [0, 0.05) is 19.3 Å². The smallest absolute Gasteiger partial charge is 0.246 e. The van der Waals surface area contributed by atoms with Crippen molar-refractivity contribution in [2.24, 2.45) is 0 Å². The molecule has 1 aromatic rings. The van der Waals surface area contributed by atoms with Gasteiger partial charge in [-0.2, -0.15) is 5.10 Å². The number of aromatic nitrogens is 2. The van der Waals surface area contributed by atoms with Crippen molar-refractivity contribution < 1.29 is 4.79 Å². The Morgan fingerprint density at radius 2 is 2.50 bits per heavy atom. The fourth-order valence-electron chi connectivity index (χ4n) is 2.13. The number of rotatable bonds is 2. The van der Waals surface area contributed by atoms with Crippen molar-refractivity contribution in [1.82, 2.24) is 14.7 Å². The zero-order valence-electron chi connectivity index (χ0n) is 9.59. The molecule has 1 unspecified atom stereocenters. The summed E-state index contributed by atoms with van der Waals surface area (Å²) in [6.45, 7) is 7.13. The van der Waals surface area contributed by atoms with Gasteiger partial charge in [-0.15, -0.1) is 0 Å². The van der Waals surface area contributed by atoms with Crippen molar-refractivity contribution in [3.05, 3.63) is 30.6 Å². The Morgan fingerprint density at radius 1 is 1.69 bits per heavy atom. The van der Waals surface area contributed by atoms with Crippen LogP contribution in [0.15, 0.2) is 25.0 Å². The second-order valence-corrected chi connectivity index (χ2v) is 4.28. The van der Waals surface area contributed by atoms with Crippen molar-refractivity contribution >= 4 is 5.91 Å². The summed E-state index contributed by atoms with van der Waals surface area (Å²) >= 11 is 0. The molecule has 0 spiro atoms. The summed E-state index contributed by atoms with van der Waals surface area (Å²) < 4.78 is 1.97. The van der Waals surface area contributed by atoms with Crippen LogP contribution in [0.1, 0.15) is 24.4 Å². The standard InChI is InChI=1S/C12H17N3O/c1-3-12(16)14-6-4-5-11(9-14)15-8-10(2)7-13-15/h3,7-8,11H,1,4-6,9H2,2H3. The molecule has 0 bridgehead atoms. The highest BCUT2D eigenvalue weighted by molar-refractivity contribution is 5.87. The van der Waals surface area contributed by atoms with Gasteiger partial charge >= 0.3 is 0 Å². The van der Waals surface area contributed by atoms with Gasteiger partial charge in [0.2, 0.25) is 5.91 Å². The fraction of sp³-hybridized carbons (Fsp3) is 0.500. The Bertz CT molecular complexity index is 397. The summed E-state index contributed by atoms with van der Waals surface area (Å²) in [5.41, 5.74) is 1.16. The van der Waals surface area contributed by atoms with Crippen LogP contribution in [0.4, 0.5) is 0 Å². The predicted molar refractivity (Wildman–Crippen MR) is 62.0 cm³/mol. The van der Waals surface area contributed by atoms with Crippen LogP contribution in [0.3, 0.4) is 0 Å². The molecule has 4 nitrogen and oxygen atoms in total. The first-order valence-corrected chi connectivity index (χ1v) is 5.63. The molecule has 0 N–H and O–H groups in total. The van der Waals surface area contributed by atoms with E-state index in [0.29, 0.717) is 6.04 Å². The van der Waals surface area contributed by atoms with Gasteiger partial charge in [0.25, 0.3) is 0 Å². The number of aryl methyl sites for hydroxylation is 1. The zero-order valence-corrected chi connectivity index (χ0v) is 9.59. The van der Waals surface area contributed by atoms with E-state index in [9.17, 15) is 4.79 Å². The third kappa shape index (κ3) is 2.15. The maximum Gasteiger partial charge on any atom is 0.246 e. The number of hydrogen-bond acceptors (Lipinski definition) is 2. The van der Waals surface area contributed by atoms with Crippen LogP contribution in [0.5, 0.6) is 0 Å². The maximum absolute atomic E-state index is 11.5. The normalized spacial score (nSPS) is 20.8. The van der Waals surface area contributed by atoms with Crippen LogP contribution >= 0.6 is 0 Å². The van der Waals surface area contributed by atoms with E-state index in [0.717, 1.165) is 31.5 Å². The molecule has 1 amide bonds. The van der Waals surface area contributed by atoms with Crippen LogP contribution < -0.4 is 0 Å². The minimum atomic E-state index is 0.0218. The highest BCUT2D eigenvalue weighted by atomic mass is 16.2. The highest BCUT2D eigenvalue weighted by Gasteiger charge is 2.23. The molecule has 0 aromatic carbocycles. The molecule has 4 heteroatoms. The molecule has 16 heavy (non-hydrogen) atoms. The SMILES string of the molecule is C=CC(=O)N1CCCC(n2cc(C)cn2)C1. The number of hydrogen-bond donors (Lipinski definition) is 0. The van der Waals surface area contributed by atoms with Gasteiger partial charge in [0.1, 0.15) is 0 Å². The number of carbonyl (C=O) groups excluding carboxylic acids is 1. The summed E-state index contributed by atoms with van der Waals surface area (Å²) in [4.78, 5) is 13.4. The van der Waals surface area contributed by atoms with Crippen LogP contribution in [-0.4, -0.2) is 33.7 Å². The van der Waals surface area contributed by atoms with Gasteiger partial charge in [-0.3, -0.25) is 9.48 Å². The lowest BCUT2D eigenvalue weighted by molar-refractivity contribution is -0.127.